The summed E-state index contributed by atoms with van der Waals surface area (Å²) in [5.41, 5.74) is 0. The Morgan fingerprint density at radius 1 is 0.362 bits per heavy atom. The molecule has 1 rings (SSSR count). The maximum atomic E-state index is 5.61. The van der Waals surface area contributed by atoms with E-state index in [2.05, 4.69) is 22.6 Å². The van der Waals surface area contributed by atoms with Crippen LogP contribution in [0.25, 0.3) is 0 Å². The number of unbranched alkanes of at least 4 members (excludes halogenated alkanes) is 3. The zero-order chi connectivity index (χ0) is 33.4. The Hall–Kier alpha value is 0.210. The number of ether oxygens (including phenoxy) is 13. The summed E-state index contributed by atoms with van der Waals surface area (Å²) in [7, 11) is 0. The average Bonchev–Trinajstić information content (AvgIpc) is 3.09. The standard InChI is InChI=1S/C33H65IO13/c34-8-4-1-2-5-9-35-11-12-36-13-14-37-15-16-38-17-18-39-19-20-40-21-22-41-23-24-42-25-26-43-27-28-44-29-30-45-31-32-47-33-7-3-6-10-46-33/h33H,1-32H2. The van der Waals surface area contributed by atoms with Crippen LogP contribution >= 0.6 is 22.6 Å². The van der Waals surface area contributed by atoms with Crippen molar-refractivity contribution in [2.75, 3.05) is 163 Å². The third-order valence-electron chi connectivity index (χ3n) is 6.56. The molecule has 0 bridgehead atoms. The number of halogens is 1. The van der Waals surface area contributed by atoms with Crippen LogP contribution < -0.4 is 0 Å². The number of alkyl halides is 1. The molecule has 282 valence electrons. The molecule has 1 aliphatic rings. The predicted molar refractivity (Wildman–Crippen MR) is 186 cm³/mol. The van der Waals surface area contributed by atoms with Crippen molar-refractivity contribution in [3.8, 4) is 0 Å². The first-order valence-corrected chi connectivity index (χ1v) is 19.1. The molecule has 0 radical (unpaired) electrons. The van der Waals surface area contributed by atoms with Crippen LogP contribution in [-0.2, 0) is 61.6 Å². The summed E-state index contributed by atoms with van der Waals surface area (Å²) >= 11 is 2.42. The van der Waals surface area contributed by atoms with Gasteiger partial charge < -0.3 is 61.6 Å². The fourth-order valence-corrected chi connectivity index (χ4v) is 4.57. The molecule has 13 nitrogen and oxygen atoms in total. The van der Waals surface area contributed by atoms with Crippen molar-refractivity contribution in [2.45, 2.75) is 51.2 Å². The maximum absolute atomic E-state index is 5.61. The van der Waals surface area contributed by atoms with Gasteiger partial charge in [0.05, 0.1) is 145 Å². The van der Waals surface area contributed by atoms with E-state index in [9.17, 15) is 0 Å². The maximum Gasteiger partial charge on any atom is 0.157 e. The Kier molecular flexibility index (Phi) is 39.1. The molecular formula is C33H65IO13. The normalized spacial score (nSPS) is 15.1. The Morgan fingerprint density at radius 2 is 0.681 bits per heavy atom. The van der Waals surface area contributed by atoms with Crippen LogP contribution in [0.15, 0.2) is 0 Å². The zero-order valence-electron chi connectivity index (χ0n) is 28.9. The van der Waals surface area contributed by atoms with E-state index in [1.165, 1.54) is 30.1 Å². The minimum atomic E-state index is -0.0640. The predicted octanol–water partition coefficient (Wildman–Crippen LogP) is 3.71. The van der Waals surface area contributed by atoms with E-state index in [1.54, 1.807) is 0 Å². The van der Waals surface area contributed by atoms with Gasteiger partial charge in [0.1, 0.15) is 0 Å². The topological polar surface area (TPSA) is 120 Å². The van der Waals surface area contributed by atoms with E-state index in [4.69, 9.17) is 61.6 Å². The summed E-state index contributed by atoms with van der Waals surface area (Å²) in [5.74, 6) is 0. The van der Waals surface area contributed by atoms with Crippen LogP contribution in [0.3, 0.4) is 0 Å². The van der Waals surface area contributed by atoms with E-state index >= 15 is 0 Å². The highest BCUT2D eigenvalue weighted by Gasteiger charge is 2.13. The van der Waals surface area contributed by atoms with Crippen LogP contribution in [0.4, 0.5) is 0 Å². The van der Waals surface area contributed by atoms with Gasteiger partial charge in [0.15, 0.2) is 6.29 Å². The van der Waals surface area contributed by atoms with Crippen LogP contribution in [-0.4, -0.2) is 169 Å². The van der Waals surface area contributed by atoms with E-state index < -0.39 is 0 Å². The van der Waals surface area contributed by atoms with Gasteiger partial charge in [0, 0.05) is 13.2 Å². The largest absolute Gasteiger partial charge is 0.379 e. The van der Waals surface area contributed by atoms with Crippen molar-refractivity contribution in [3.05, 3.63) is 0 Å². The lowest BCUT2D eigenvalue weighted by Crippen LogP contribution is -2.24. The molecule has 0 spiro atoms. The third kappa shape index (κ3) is 37.3. The first-order chi connectivity index (χ1) is 23.4. The molecule has 1 fully saturated rings. The minimum absolute atomic E-state index is 0.0640. The number of hydrogen-bond donors (Lipinski definition) is 0. The zero-order valence-corrected chi connectivity index (χ0v) is 31.0. The Bertz CT molecular complexity index is 577. The molecule has 0 aromatic rings. The fourth-order valence-electron chi connectivity index (χ4n) is 4.03. The van der Waals surface area contributed by atoms with Crippen LogP contribution in [0.1, 0.15) is 44.9 Å². The summed E-state index contributed by atoms with van der Waals surface area (Å²) in [4.78, 5) is 0. The van der Waals surface area contributed by atoms with Gasteiger partial charge in [-0.3, -0.25) is 0 Å². The highest BCUT2D eigenvalue weighted by atomic mass is 127. The smallest absolute Gasteiger partial charge is 0.157 e. The molecule has 14 heteroatoms. The average molecular weight is 797 g/mol. The molecule has 0 aromatic carbocycles. The third-order valence-corrected chi connectivity index (χ3v) is 7.32. The van der Waals surface area contributed by atoms with Crippen LogP contribution in [0.5, 0.6) is 0 Å². The second-order valence-corrected chi connectivity index (χ2v) is 11.6. The van der Waals surface area contributed by atoms with Crippen LogP contribution in [0.2, 0.25) is 0 Å². The van der Waals surface area contributed by atoms with E-state index in [-0.39, 0.29) is 6.29 Å². The number of rotatable bonds is 40. The van der Waals surface area contributed by atoms with Gasteiger partial charge in [-0.25, -0.2) is 0 Å². The molecule has 47 heavy (non-hydrogen) atoms. The quantitative estimate of drug-likeness (QED) is 0.0510. The minimum Gasteiger partial charge on any atom is -0.379 e. The Balaban J connectivity index is 1.59. The first-order valence-electron chi connectivity index (χ1n) is 17.6. The van der Waals surface area contributed by atoms with Crippen molar-refractivity contribution >= 4 is 22.6 Å². The SMILES string of the molecule is ICCCCCCOCCOCCOCCOCCOCCOCCOCCOCCOCCOCCOCCOC1CCCCO1. The van der Waals surface area contributed by atoms with Gasteiger partial charge in [-0.15, -0.1) is 0 Å². The highest BCUT2D eigenvalue weighted by Crippen LogP contribution is 2.13. The number of hydrogen-bond acceptors (Lipinski definition) is 13. The lowest BCUT2D eigenvalue weighted by Gasteiger charge is -2.22. The molecule has 0 aliphatic carbocycles. The molecule has 1 aliphatic heterocycles. The molecular weight excluding hydrogens is 731 g/mol. The van der Waals surface area contributed by atoms with Gasteiger partial charge >= 0.3 is 0 Å². The van der Waals surface area contributed by atoms with E-state index in [1.807, 2.05) is 0 Å². The summed E-state index contributed by atoms with van der Waals surface area (Å²) in [6.07, 6.45) is 8.18. The fraction of sp³-hybridized carbons (Fsp3) is 1.00. The molecule has 1 heterocycles. The second-order valence-electron chi connectivity index (χ2n) is 10.5. The van der Waals surface area contributed by atoms with Gasteiger partial charge in [0.2, 0.25) is 0 Å². The van der Waals surface area contributed by atoms with E-state index in [0.717, 1.165) is 32.5 Å². The van der Waals surface area contributed by atoms with Crippen molar-refractivity contribution in [1.29, 1.82) is 0 Å². The van der Waals surface area contributed by atoms with Gasteiger partial charge in [-0.1, -0.05) is 35.4 Å². The van der Waals surface area contributed by atoms with Crippen molar-refractivity contribution in [3.63, 3.8) is 0 Å². The molecule has 0 saturated carbocycles. The molecule has 0 amide bonds. The highest BCUT2D eigenvalue weighted by molar-refractivity contribution is 14.1. The van der Waals surface area contributed by atoms with Crippen molar-refractivity contribution in [1.82, 2.24) is 0 Å². The summed E-state index contributed by atoms with van der Waals surface area (Å²) < 4.78 is 72.9. The van der Waals surface area contributed by atoms with Crippen LogP contribution in [0, 0.1) is 0 Å². The van der Waals surface area contributed by atoms with E-state index in [0.29, 0.717) is 145 Å². The second kappa shape index (κ2) is 40.6. The summed E-state index contributed by atoms with van der Waals surface area (Å²) in [6.45, 7) is 13.5. The van der Waals surface area contributed by atoms with Gasteiger partial charge in [-0.2, -0.15) is 0 Å². The Labute approximate surface area is 297 Å². The monoisotopic (exact) mass is 796 g/mol. The van der Waals surface area contributed by atoms with Gasteiger partial charge in [0.25, 0.3) is 0 Å². The lowest BCUT2D eigenvalue weighted by atomic mass is 10.2. The first kappa shape index (κ1) is 45.2. The molecule has 1 saturated heterocycles. The van der Waals surface area contributed by atoms with Crippen molar-refractivity contribution < 1.29 is 61.6 Å². The summed E-state index contributed by atoms with van der Waals surface area (Å²) in [5, 5.41) is 0. The summed E-state index contributed by atoms with van der Waals surface area (Å²) in [6, 6.07) is 0. The molecule has 0 N–H and O–H groups in total. The molecule has 1 unspecified atom stereocenters. The van der Waals surface area contributed by atoms with Crippen molar-refractivity contribution in [2.24, 2.45) is 0 Å². The Morgan fingerprint density at radius 3 is 1.00 bits per heavy atom. The lowest BCUT2D eigenvalue weighted by molar-refractivity contribution is -0.169. The molecule has 0 aromatic heterocycles. The van der Waals surface area contributed by atoms with Gasteiger partial charge in [-0.05, 0) is 36.5 Å². The molecule has 1 atom stereocenters.